The Morgan fingerprint density at radius 1 is 0.618 bits per heavy atom. The smallest absolute Gasteiger partial charge is 0.410 e. The SMILES string of the molecule is CCc1cc(Br)cc(N)c1C.CCc1cc(Br)cc(N2CCN(C(=O)OC(C)(C)C)CC2)c1C.CCc1cc(Br)cc(N2CCNCC2)c1C.Cl.Cl.ClCCCCCCl.O=C=O.O=C=O.O=C=O. The second-order valence-electron chi connectivity index (χ2n) is 15.6. The van der Waals surface area contributed by atoms with Crippen LogP contribution in [0.2, 0.25) is 0 Å². The highest BCUT2D eigenvalue weighted by Gasteiger charge is 2.27. The van der Waals surface area contributed by atoms with Crippen molar-refractivity contribution in [2.75, 3.05) is 79.7 Å². The number of aryl methyl sites for hydroxylation is 3. The Bertz CT molecular complexity index is 1950. The normalized spacial score (nSPS) is 12.2. The van der Waals surface area contributed by atoms with Crippen molar-refractivity contribution in [1.82, 2.24) is 10.2 Å². The van der Waals surface area contributed by atoms with E-state index in [4.69, 9.17) is 62.4 Å². The van der Waals surface area contributed by atoms with Gasteiger partial charge in [0.1, 0.15) is 5.60 Å². The number of carbonyl (C=O) groups is 1. The van der Waals surface area contributed by atoms with Gasteiger partial charge in [-0.2, -0.15) is 28.8 Å². The maximum atomic E-state index is 12.2. The third-order valence-corrected chi connectivity index (χ3v) is 12.0. The molecule has 2 saturated heterocycles. The predicted octanol–water partition coefficient (Wildman–Crippen LogP) is 11.7. The van der Waals surface area contributed by atoms with E-state index in [1.54, 1.807) is 4.90 Å². The van der Waals surface area contributed by atoms with Gasteiger partial charge >= 0.3 is 24.5 Å². The molecule has 3 aromatic rings. The van der Waals surface area contributed by atoms with Crippen molar-refractivity contribution in [1.29, 1.82) is 0 Å². The van der Waals surface area contributed by atoms with E-state index in [1.807, 2.05) is 26.8 Å². The van der Waals surface area contributed by atoms with Crippen LogP contribution in [-0.4, -0.2) is 99.2 Å². The van der Waals surface area contributed by atoms with Crippen molar-refractivity contribution < 1.29 is 38.3 Å². The Morgan fingerprint density at radius 3 is 1.29 bits per heavy atom. The van der Waals surface area contributed by atoms with Crippen LogP contribution in [0.25, 0.3) is 0 Å². The first-order valence-electron chi connectivity index (χ1n) is 21.6. The zero-order valence-electron chi connectivity index (χ0n) is 40.7. The molecular formula is C48H70Br3Cl4N5O8. The number of piperazine rings is 2. The summed E-state index contributed by atoms with van der Waals surface area (Å²) in [6.07, 6.45) is 7.09. The number of halogens is 7. The molecule has 0 saturated carbocycles. The molecule has 384 valence electrons. The van der Waals surface area contributed by atoms with Gasteiger partial charge < -0.3 is 30.5 Å². The molecule has 1 amide bonds. The summed E-state index contributed by atoms with van der Waals surface area (Å²) < 4.78 is 8.84. The maximum Gasteiger partial charge on any atom is 0.410 e. The van der Waals surface area contributed by atoms with Gasteiger partial charge in [-0.25, -0.2) is 4.79 Å². The molecule has 2 aliphatic heterocycles. The van der Waals surface area contributed by atoms with Gasteiger partial charge in [-0.05, 0) is 143 Å². The van der Waals surface area contributed by atoms with Crippen LogP contribution in [0.5, 0.6) is 0 Å². The summed E-state index contributed by atoms with van der Waals surface area (Å²) in [4.78, 5) is 67.6. The molecule has 5 rings (SSSR count). The molecule has 2 heterocycles. The van der Waals surface area contributed by atoms with Gasteiger partial charge in [0, 0.05) is 94.6 Å². The van der Waals surface area contributed by atoms with Crippen LogP contribution >= 0.6 is 95.8 Å². The number of hydrogen-bond donors (Lipinski definition) is 2. The third-order valence-electron chi connectivity index (χ3n) is 10.1. The van der Waals surface area contributed by atoms with Gasteiger partial charge in [-0.15, -0.1) is 48.0 Å². The molecule has 0 atom stereocenters. The van der Waals surface area contributed by atoms with Gasteiger partial charge in [-0.1, -0.05) is 75.0 Å². The lowest BCUT2D eigenvalue weighted by atomic mass is 10.0. The number of unbranched alkanes of at least 4 members (excludes halogenated alkanes) is 2. The molecule has 3 N–H and O–H groups in total. The Hall–Kier alpha value is -2.97. The Kier molecular flexibility index (Phi) is 44.0. The van der Waals surface area contributed by atoms with E-state index in [0.29, 0.717) is 13.1 Å². The van der Waals surface area contributed by atoms with Gasteiger partial charge in [0.05, 0.1) is 0 Å². The van der Waals surface area contributed by atoms with Crippen LogP contribution in [0.4, 0.5) is 21.9 Å². The number of benzene rings is 3. The Labute approximate surface area is 451 Å². The Morgan fingerprint density at radius 2 is 0.956 bits per heavy atom. The minimum atomic E-state index is -0.439. The first kappa shape index (κ1) is 71.6. The average molecular weight is 1230 g/mol. The molecule has 0 aliphatic carbocycles. The van der Waals surface area contributed by atoms with Crippen molar-refractivity contribution in [2.45, 2.75) is 106 Å². The number of nitrogens with two attached hydrogens (primary N) is 1. The predicted molar refractivity (Wildman–Crippen MR) is 289 cm³/mol. The van der Waals surface area contributed by atoms with E-state index in [9.17, 15) is 4.79 Å². The van der Waals surface area contributed by atoms with Crippen LogP contribution in [0.3, 0.4) is 0 Å². The highest BCUT2D eigenvalue weighted by Crippen LogP contribution is 2.31. The lowest BCUT2D eigenvalue weighted by molar-refractivity contribution is -0.193. The molecular weight excluding hydrogens is 1160 g/mol. The summed E-state index contributed by atoms with van der Waals surface area (Å²) in [5.41, 5.74) is 17.0. The molecule has 2 aliphatic rings. The number of nitrogens with zero attached hydrogens (tertiary/aromatic N) is 3. The number of amides is 1. The quantitative estimate of drug-likeness (QED) is 0.118. The van der Waals surface area contributed by atoms with Crippen LogP contribution < -0.4 is 20.9 Å². The lowest BCUT2D eigenvalue weighted by Crippen LogP contribution is -2.50. The minimum absolute atomic E-state index is 0. The highest BCUT2D eigenvalue weighted by atomic mass is 79.9. The highest BCUT2D eigenvalue weighted by molar-refractivity contribution is 9.11. The first-order chi connectivity index (χ1) is 31.2. The van der Waals surface area contributed by atoms with Crippen LogP contribution in [-0.2, 0) is 52.8 Å². The molecule has 3 aromatic carbocycles. The monoisotopic (exact) mass is 1220 g/mol. The first-order valence-corrected chi connectivity index (χ1v) is 25.1. The topological polar surface area (TPSA) is 176 Å². The van der Waals surface area contributed by atoms with E-state index < -0.39 is 5.60 Å². The maximum absolute atomic E-state index is 12.2. The second-order valence-corrected chi connectivity index (χ2v) is 19.1. The molecule has 20 heteroatoms. The van der Waals surface area contributed by atoms with Crippen molar-refractivity contribution in [2.24, 2.45) is 0 Å². The fourth-order valence-corrected chi connectivity index (χ4v) is 8.57. The van der Waals surface area contributed by atoms with Crippen LogP contribution in [0.15, 0.2) is 49.8 Å². The van der Waals surface area contributed by atoms with E-state index in [-0.39, 0.29) is 49.4 Å². The fourth-order valence-electron chi connectivity index (χ4n) is 6.68. The summed E-state index contributed by atoms with van der Waals surface area (Å²) in [6, 6.07) is 12.9. The van der Waals surface area contributed by atoms with E-state index in [1.165, 1.54) is 55.6 Å². The number of anilines is 3. The standard InChI is InChI=1S/C18H27BrN2O2.C13H19BrN2.C9H12BrN.C5H10Cl2.3CO2.2ClH/c1-6-14-11-15(19)12-16(13(14)2)20-7-9-21(10-8-20)17(22)23-18(3,4)5;1-3-11-8-12(14)9-13(10(11)2)16-6-4-15-5-7-16;1-3-7-4-8(10)5-9(11)6(7)2;6-4-2-1-3-5-7;3*2-1-3;;/h11-12H,6-10H2,1-5H3;8-9,15H,3-7H2,1-2H3;4-5H,3,11H2,1-2H3;1-5H2;;;;2*1H. The number of nitrogens with one attached hydrogen (secondary N) is 1. The molecule has 0 aromatic heterocycles. The molecule has 0 radical (unpaired) electrons. The van der Waals surface area contributed by atoms with Crippen molar-refractivity contribution in [3.8, 4) is 0 Å². The molecule has 68 heavy (non-hydrogen) atoms. The lowest BCUT2D eigenvalue weighted by Gasteiger charge is -2.37. The Balaban J connectivity index is -0.000000398. The third kappa shape index (κ3) is 29.9. The summed E-state index contributed by atoms with van der Waals surface area (Å²) in [6.45, 7) is 26.2. The van der Waals surface area contributed by atoms with E-state index in [0.717, 1.165) is 97.8 Å². The number of nitrogen functional groups attached to an aromatic ring is 1. The van der Waals surface area contributed by atoms with Crippen molar-refractivity contribution >= 4 is 137 Å². The second kappa shape index (κ2) is 41.8. The molecule has 0 spiro atoms. The summed E-state index contributed by atoms with van der Waals surface area (Å²) in [7, 11) is 0. The fraction of sp³-hybridized carbons (Fsp3) is 0.542. The van der Waals surface area contributed by atoms with Gasteiger partial charge in [0.2, 0.25) is 0 Å². The zero-order valence-corrected chi connectivity index (χ0v) is 48.6. The summed E-state index contributed by atoms with van der Waals surface area (Å²) in [5, 5.41) is 3.39. The number of carbonyl (C=O) groups excluding carboxylic acids is 7. The number of alkyl halides is 2. The van der Waals surface area contributed by atoms with E-state index >= 15 is 0 Å². The zero-order chi connectivity index (χ0) is 50.8. The molecule has 0 unspecified atom stereocenters. The number of ether oxygens (including phenoxy) is 1. The van der Waals surface area contributed by atoms with Gasteiger partial charge in [0.15, 0.2) is 0 Å². The summed E-state index contributed by atoms with van der Waals surface area (Å²) in [5.74, 6) is 1.55. The molecule has 2 fully saturated rings. The van der Waals surface area contributed by atoms with Crippen molar-refractivity contribution in [3.05, 3.63) is 83.2 Å². The van der Waals surface area contributed by atoms with E-state index in [2.05, 4.69) is 135 Å². The van der Waals surface area contributed by atoms with Crippen molar-refractivity contribution in [3.63, 3.8) is 0 Å². The molecule has 13 nitrogen and oxygen atoms in total. The minimum Gasteiger partial charge on any atom is -0.444 e. The average Bonchev–Trinajstić information content (AvgIpc) is 3.27. The largest absolute Gasteiger partial charge is 0.444 e. The van der Waals surface area contributed by atoms with Crippen LogP contribution in [0, 0.1) is 20.8 Å². The number of rotatable bonds is 9. The molecule has 0 bridgehead atoms. The van der Waals surface area contributed by atoms with Crippen LogP contribution in [0.1, 0.15) is 94.2 Å². The van der Waals surface area contributed by atoms with Gasteiger partial charge in [0.25, 0.3) is 0 Å². The van der Waals surface area contributed by atoms with Gasteiger partial charge in [-0.3, -0.25) is 0 Å². The summed E-state index contributed by atoms with van der Waals surface area (Å²) >= 11 is 21.4. The number of hydrogen-bond acceptors (Lipinski definition) is 12.